The molecule has 0 bridgehead atoms. The Labute approximate surface area is 136 Å². The number of hydrogen-bond acceptors (Lipinski definition) is 5. The van der Waals surface area contributed by atoms with Crippen LogP contribution in [0.2, 0.25) is 0 Å². The van der Waals surface area contributed by atoms with Gasteiger partial charge in [-0.05, 0) is 32.9 Å². The summed E-state index contributed by atoms with van der Waals surface area (Å²) < 4.78 is 0. The van der Waals surface area contributed by atoms with Gasteiger partial charge in [-0.2, -0.15) is 0 Å². The SMILES string of the molecule is C=CCN1C(=O)NC(=O)C(C(C)=NCCN2CCCCC2)C1=O. The van der Waals surface area contributed by atoms with Crippen molar-refractivity contribution in [3.8, 4) is 0 Å². The van der Waals surface area contributed by atoms with Crippen molar-refractivity contribution in [1.82, 2.24) is 15.1 Å². The lowest BCUT2D eigenvalue weighted by atomic mass is 9.99. The number of carbonyl (C=O) groups excluding carboxylic acids is 3. The fourth-order valence-corrected chi connectivity index (χ4v) is 2.93. The molecule has 2 fully saturated rings. The predicted molar refractivity (Wildman–Crippen MR) is 87.2 cm³/mol. The maximum atomic E-state index is 12.3. The van der Waals surface area contributed by atoms with Crippen LogP contribution in [-0.2, 0) is 9.59 Å². The van der Waals surface area contributed by atoms with Crippen LogP contribution in [0.1, 0.15) is 26.2 Å². The lowest BCUT2D eigenvalue weighted by molar-refractivity contribution is -0.139. The average molecular weight is 320 g/mol. The number of carbonyl (C=O) groups is 3. The van der Waals surface area contributed by atoms with Crippen LogP contribution in [0, 0.1) is 5.92 Å². The summed E-state index contributed by atoms with van der Waals surface area (Å²) in [6.07, 6.45) is 5.16. The molecule has 4 amide bonds. The maximum absolute atomic E-state index is 12.3. The van der Waals surface area contributed by atoms with E-state index in [1.54, 1.807) is 6.92 Å². The Kier molecular flexibility index (Phi) is 6.04. The van der Waals surface area contributed by atoms with Gasteiger partial charge >= 0.3 is 6.03 Å². The number of aliphatic imine (C=N–C) groups is 1. The number of urea groups is 1. The van der Waals surface area contributed by atoms with Crippen molar-refractivity contribution >= 4 is 23.6 Å². The van der Waals surface area contributed by atoms with Crippen molar-refractivity contribution in [1.29, 1.82) is 0 Å². The third-order valence-electron chi connectivity index (χ3n) is 4.21. The second kappa shape index (κ2) is 8.01. The van der Waals surface area contributed by atoms with Crippen molar-refractivity contribution in [2.75, 3.05) is 32.7 Å². The Balaban J connectivity index is 1.97. The van der Waals surface area contributed by atoms with E-state index < -0.39 is 23.8 Å². The molecule has 2 aliphatic rings. The quantitative estimate of drug-likeness (QED) is 0.446. The normalized spacial score (nSPS) is 23.9. The molecule has 2 rings (SSSR count). The molecule has 0 spiro atoms. The van der Waals surface area contributed by atoms with Crippen molar-refractivity contribution in [3.05, 3.63) is 12.7 Å². The zero-order valence-electron chi connectivity index (χ0n) is 13.6. The van der Waals surface area contributed by atoms with Gasteiger partial charge in [0.1, 0.15) is 0 Å². The summed E-state index contributed by atoms with van der Waals surface area (Å²) in [6.45, 7) is 8.81. The van der Waals surface area contributed by atoms with Crippen LogP contribution < -0.4 is 5.32 Å². The van der Waals surface area contributed by atoms with Crippen molar-refractivity contribution in [2.45, 2.75) is 26.2 Å². The standard InChI is InChI=1S/C16H24N4O3/c1-3-8-20-15(22)13(14(21)18-16(20)23)12(2)17-7-11-19-9-5-4-6-10-19/h3,13H,1,4-11H2,2H3,(H,18,21,23). The van der Waals surface area contributed by atoms with E-state index in [0.29, 0.717) is 12.3 Å². The van der Waals surface area contributed by atoms with Crippen LogP contribution in [0.15, 0.2) is 17.6 Å². The fraction of sp³-hybridized carbons (Fsp3) is 0.625. The number of likely N-dealkylation sites (tertiary alicyclic amines) is 1. The van der Waals surface area contributed by atoms with Gasteiger partial charge in [0.05, 0.1) is 6.54 Å². The summed E-state index contributed by atoms with van der Waals surface area (Å²) >= 11 is 0. The fourth-order valence-electron chi connectivity index (χ4n) is 2.93. The van der Waals surface area contributed by atoms with Crippen LogP contribution in [-0.4, -0.2) is 66.1 Å². The topological polar surface area (TPSA) is 82.1 Å². The number of rotatable bonds is 6. The molecule has 0 aromatic carbocycles. The number of amides is 4. The predicted octanol–water partition coefficient (Wildman–Crippen LogP) is 0.814. The van der Waals surface area contributed by atoms with Gasteiger partial charge in [-0.1, -0.05) is 12.5 Å². The zero-order valence-corrected chi connectivity index (χ0v) is 13.6. The van der Waals surface area contributed by atoms with Crippen LogP contribution in [0.5, 0.6) is 0 Å². The Bertz CT molecular complexity index is 523. The highest BCUT2D eigenvalue weighted by Gasteiger charge is 2.41. The van der Waals surface area contributed by atoms with Gasteiger partial charge in [-0.15, -0.1) is 6.58 Å². The van der Waals surface area contributed by atoms with Gasteiger partial charge < -0.3 is 4.90 Å². The van der Waals surface area contributed by atoms with Gasteiger partial charge in [0, 0.05) is 18.8 Å². The molecule has 126 valence electrons. The van der Waals surface area contributed by atoms with Crippen LogP contribution >= 0.6 is 0 Å². The molecule has 7 nitrogen and oxygen atoms in total. The summed E-state index contributed by atoms with van der Waals surface area (Å²) in [5.74, 6) is -2.15. The molecule has 23 heavy (non-hydrogen) atoms. The Morgan fingerprint density at radius 1 is 1.30 bits per heavy atom. The van der Waals surface area contributed by atoms with Crippen LogP contribution in [0.25, 0.3) is 0 Å². The molecular formula is C16H24N4O3. The molecule has 0 saturated carbocycles. The molecule has 7 heteroatoms. The van der Waals surface area contributed by atoms with E-state index >= 15 is 0 Å². The van der Waals surface area contributed by atoms with Gasteiger partial charge in [0.2, 0.25) is 11.8 Å². The first kappa shape index (κ1) is 17.3. The minimum Gasteiger partial charge on any atom is -0.301 e. The minimum absolute atomic E-state index is 0.0789. The highest BCUT2D eigenvalue weighted by Crippen LogP contribution is 2.13. The van der Waals surface area contributed by atoms with E-state index in [1.165, 1.54) is 25.3 Å². The highest BCUT2D eigenvalue weighted by atomic mass is 16.2. The average Bonchev–Trinajstić information content (AvgIpc) is 2.52. The summed E-state index contributed by atoms with van der Waals surface area (Å²) in [7, 11) is 0. The van der Waals surface area contributed by atoms with Gasteiger partial charge in [0.15, 0.2) is 5.92 Å². The van der Waals surface area contributed by atoms with Gasteiger partial charge in [0.25, 0.3) is 0 Å². The summed E-state index contributed by atoms with van der Waals surface area (Å²) in [6, 6.07) is -0.697. The van der Waals surface area contributed by atoms with Gasteiger partial charge in [-0.25, -0.2) is 4.79 Å². The molecule has 1 N–H and O–H groups in total. The van der Waals surface area contributed by atoms with E-state index in [1.807, 2.05) is 0 Å². The second-order valence-electron chi connectivity index (χ2n) is 5.89. The third kappa shape index (κ3) is 4.25. The highest BCUT2D eigenvalue weighted by molar-refractivity contribution is 6.27. The first-order valence-corrected chi connectivity index (χ1v) is 8.05. The molecule has 1 atom stereocenters. The number of nitrogens with zero attached hydrogens (tertiary/aromatic N) is 3. The number of barbiturate groups is 1. The Morgan fingerprint density at radius 3 is 2.65 bits per heavy atom. The lowest BCUT2D eigenvalue weighted by Gasteiger charge is -2.29. The van der Waals surface area contributed by atoms with E-state index in [4.69, 9.17) is 0 Å². The zero-order chi connectivity index (χ0) is 16.8. The molecular weight excluding hydrogens is 296 g/mol. The molecule has 0 aromatic heterocycles. The van der Waals surface area contributed by atoms with E-state index in [9.17, 15) is 14.4 Å². The summed E-state index contributed by atoms with van der Waals surface area (Å²) in [5.41, 5.74) is 0.450. The van der Waals surface area contributed by atoms with Crippen molar-refractivity contribution < 1.29 is 14.4 Å². The summed E-state index contributed by atoms with van der Waals surface area (Å²) in [4.78, 5) is 43.7. The summed E-state index contributed by atoms with van der Waals surface area (Å²) in [5, 5.41) is 2.20. The number of nitrogens with one attached hydrogen (secondary N) is 1. The van der Waals surface area contributed by atoms with Crippen LogP contribution in [0.4, 0.5) is 4.79 Å². The minimum atomic E-state index is -1.02. The molecule has 0 radical (unpaired) electrons. The number of piperidine rings is 1. The molecule has 1 unspecified atom stereocenters. The van der Waals surface area contributed by atoms with Gasteiger partial charge in [-0.3, -0.25) is 24.8 Å². The van der Waals surface area contributed by atoms with E-state index in [-0.39, 0.29) is 6.54 Å². The smallest absolute Gasteiger partial charge is 0.301 e. The Morgan fingerprint density at radius 2 is 2.00 bits per heavy atom. The van der Waals surface area contributed by atoms with Crippen molar-refractivity contribution in [2.24, 2.45) is 10.9 Å². The molecule has 2 aliphatic heterocycles. The molecule has 2 heterocycles. The first-order valence-electron chi connectivity index (χ1n) is 8.05. The lowest BCUT2D eigenvalue weighted by Crippen LogP contribution is -2.59. The monoisotopic (exact) mass is 320 g/mol. The van der Waals surface area contributed by atoms with Crippen LogP contribution in [0.3, 0.4) is 0 Å². The second-order valence-corrected chi connectivity index (χ2v) is 5.89. The first-order chi connectivity index (χ1) is 11.0. The number of hydrogen-bond donors (Lipinski definition) is 1. The van der Waals surface area contributed by atoms with Crippen molar-refractivity contribution in [3.63, 3.8) is 0 Å². The van der Waals surface area contributed by atoms with E-state index in [2.05, 4.69) is 21.8 Å². The molecule has 0 aromatic rings. The Hall–Kier alpha value is -2.02. The third-order valence-corrected chi connectivity index (χ3v) is 4.21. The number of imide groups is 2. The molecule has 2 saturated heterocycles. The molecule has 0 aliphatic carbocycles. The van der Waals surface area contributed by atoms with E-state index in [0.717, 1.165) is 24.5 Å². The maximum Gasteiger partial charge on any atom is 0.331 e. The largest absolute Gasteiger partial charge is 0.331 e.